The van der Waals surface area contributed by atoms with Gasteiger partial charge in [-0.15, -0.1) is 0 Å². The van der Waals surface area contributed by atoms with Crippen molar-refractivity contribution >= 4 is 34.2 Å². The summed E-state index contributed by atoms with van der Waals surface area (Å²) in [6.45, 7) is 2.81. The Bertz CT molecular complexity index is 1620. The lowest BCUT2D eigenvalue weighted by molar-refractivity contribution is 0.0952. The van der Waals surface area contributed by atoms with E-state index in [0.717, 1.165) is 18.4 Å². The average molecular weight is 474 g/mol. The van der Waals surface area contributed by atoms with Crippen molar-refractivity contribution in [1.29, 1.82) is 5.26 Å². The Kier molecular flexibility index (Phi) is 5.74. The highest BCUT2D eigenvalue weighted by Gasteiger charge is 2.21. The molecule has 8 nitrogen and oxygen atoms in total. The average Bonchev–Trinajstić information content (AvgIpc) is 3.34. The van der Waals surface area contributed by atoms with Crippen molar-refractivity contribution in [1.82, 2.24) is 14.0 Å². The summed E-state index contributed by atoms with van der Waals surface area (Å²) in [4.78, 5) is 35.5. The van der Waals surface area contributed by atoms with Gasteiger partial charge in [-0.1, -0.05) is 23.7 Å². The normalized spacial score (nSPS) is 16.3. The van der Waals surface area contributed by atoms with E-state index in [1.807, 2.05) is 13.0 Å². The van der Waals surface area contributed by atoms with Crippen molar-refractivity contribution in [2.45, 2.75) is 32.4 Å². The molecule has 170 valence electrons. The van der Waals surface area contributed by atoms with Crippen LogP contribution in [0.25, 0.3) is 16.7 Å². The number of benzene rings is 1. The second kappa shape index (κ2) is 8.86. The number of pyridine rings is 2. The van der Waals surface area contributed by atoms with Gasteiger partial charge < -0.3 is 9.30 Å². The molecule has 1 unspecified atom stereocenters. The van der Waals surface area contributed by atoms with Crippen LogP contribution in [0.15, 0.2) is 58.4 Å². The molecule has 1 fully saturated rings. The lowest BCUT2D eigenvalue weighted by Crippen LogP contribution is -2.33. The van der Waals surface area contributed by atoms with Gasteiger partial charge in [0, 0.05) is 23.4 Å². The fourth-order valence-corrected chi connectivity index (χ4v) is 4.43. The molecule has 0 bridgehead atoms. The first-order valence-corrected chi connectivity index (χ1v) is 11.3. The molecule has 1 saturated heterocycles. The monoisotopic (exact) mass is 473 g/mol. The van der Waals surface area contributed by atoms with Gasteiger partial charge in [-0.3, -0.25) is 14.0 Å². The Hall–Kier alpha value is -3.80. The maximum atomic E-state index is 13.3. The van der Waals surface area contributed by atoms with Gasteiger partial charge in [0.05, 0.1) is 23.6 Å². The molecule has 0 aliphatic carbocycles. The number of hydrogen-bond donors (Lipinski definition) is 0. The number of halogens is 1. The molecule has 4 heterocycles. The highest BCUT2D eigenvalue weighted by Crippen LogP contribution is 2.18. The van der Waals surface area contributed by atoms with Crippen molar-refractivity contribution < 1.29 is 9.53 Å². The number of aryl methyl sites for hydroxylation is 1. The molecule has 4 aromatic rings. The second-order valence-electron chi connectivity index (χ2n) is 8.21. The largest absolute Gasteiger partial charge is 0.376 e. The van der Waals surface area contributed by atoms with Gasteiger partial charge in [-0.25, -0.2) is 4.98 Å². The minimum Gasteiger partial charge on any atom is -0.376 e. The fraction of sp³-hybridized carbons (Fsp3) is 0.240. The summed E-state index contributed by atoms with van der Waals surface area (Å²) >= 11 is 6.05. The van der Waals surface area contributed by atoms with E-state index in [2.05, 4.69) is 11.1 Å². The molecule has 1 amide bonds. The maximum Gasteiger partial charge on any atom is 0.279 e. The third kappa shape index (κ3) is 3.89. The van der Waals surface area contributed by atoms with E-state index in [1.165, 1.54) is 16.5 Å². The number of hydrogen-bond acceptors (Lipinski definition) is 5. The lowest BCUT2D eigenvalue weighted by atomic mass is 10.2. The summed E-state index contributed by atoms with van der Waals surface area (Å²) in [7, 11) is 0. The molecule has 0 spiro atoms. The molecule has 0 N–H and O–H groups in total. The number of nitriles is 1. The quantitative estimate of drug-likeness (QED) is 0.424. The first-order chi connectivity index (χ1) is 16.5. The third-order valence-corrected chi connectivity index (χ3v) is 6.15. The number of fused-ring (bicyclic) bond motifs is 2. The Morgan fingerprint density at radius 2 is 2.15 bits per heavy atom. The summed E-state index contributed by atoms with van der Waals surface area (Å²) in [6, 6.07) is 13.7. The van der Waals surface area contributed by atoms with Gasteiger partial charge in [-0.2, -0.15) is 10.3 Å². The van der Waals surface area contributed by atoms with Crippen LogP contribution in [-0.4, -0.2) is 32.6 Å². The Morgan fingerprint density at radius 3 is 2.88 bits per heavy atom. The Labute approximate surface area is 199 Å². The van der Waals surface area contributed by atoms with Gasteiger partial charge in [0.25, 0.3) is 11.5 Å². The lowest BCUT2D eigenvalue weighted by Gasteiger charge is -2.17. The number of carbonyl (C=O) groups excluding carboxylic acids is 1. The Balaban J connectivity index is 1.85. The van der Waals surface area contributed by atoms with Gasteiger partial charge in [0.1, 0.15) is 17.4 Å². The predicted octanol–water partition coefficient (Wildman–Crippen LogP) is 3.40. The number of amides is 1. The molecule has 1 aromatic carbocycles. The SMILES string of the molecule is Cc1cccn2c(=O)c3cc(C#N)c(=NC(=O)c4cccc(Cl)c4)n(CC4CCCO4)c3nc12. The van der Waals surface area contributed by atoms with E-state index in [9.17, 15) is 14.9 Å². The highest BCUT2D eigenvalue weighted by molar-refractivity contribution is 6.31. The zero-order valence-corrected chi connectivity index (χ0v) is 19.1. The molecule has 1 aliphatic heterocycles. The number of ether oxygens (including phenoxy) is 1. The Morgan fingerprint density at radius 1 is 1.29 bits per heavy atom. The highest BCUT2D eigenvalue weighted by atomic mass is 35.5. The van der Waals surface area contributed by atoms with Crippen LogP contribution >= 0.6 is 11.6 Å². The minimum absolute atomic E-state index is 0.104. The minimum atomic E-state index is -0.548. The molecule has 1 aliphatic rings. The van der Waals surface area contributed by atoms with E-state index in [0.29, 0.717) is 35.0 Å². The number of aromatic nitrogens is 3. The van der Waals surface area contributed by atoms with Gasteiger partial charge in [-0.05, 0) is 55.7 Å². The van der Waals surface area contributed by atoms with E-state index >= 15 is 0 Å². The summed E-state index contributed by atoms with van der Waals surface area (Å²) in [5, 5.41) is 10.6. The summed E-state index contributed by atoms with van der Waals surface area (Å²) in [5.41, 5.74) is 1.91. The van der Waals surface area contributed by atoms with E-state index in [1.54, 1.807) is 35.0 Å². The molecule has 34 heavy (non-hydrogen) atoms. The number of nitrogens with zero attached hydrogens (tertiary/aromatic N) is 5. The van der Waals surface area contributed by atoms with Gasteiger partial charge in [0.15, 0.2) is 5.49 Å². The molecular formula is C25H20ClN5O3. The number of carbonyl (C=O) groups is 1. The van der Waals surface area contributed by atoms with Crippen LogP contribution in [0.4, 0.5) is 0 Å². The van der Waals surface area contributed by atoms with Crippen LogP contribution in [0.5, 0.6) is 0 Å². The van der Waals surface area contributed by atoms with Crippen molar-refractivity contribution in [3.05, 3.63) is 86.2 Å². The molecule has 3 aromatic heterocycles. The zero-order chi connectivity index (χ0) is 23.8. The van der Waals surface area contributed by atoms with E-state index < -0.39 is 5.91 Å². The van der Waals surface area contributed by atoms with Crippen LogP contribution in [-0.2, 0) is 11.3 Å². The van der Waals surface area contributed by atoms with Crippen molar-refractivity contribution in [2.24, 2.45) is 4.99 Å². The standard InChI is InChI=1S/C25H20ClN5O3/c1-15-5-3-9-30-21(15)28-23-20(25(30)33)12-17(13-27)22(31(23)14-19-8-4-10-34-19)29-24(32)16-6-2-7-18(26)11-16/h2-3,5-7,9,11-12,19H,4,8,10,14H2,1H3. The fourth-order valence-electron chi connectivity index (χ4n) is 4.24. The van der Waals surface area contributed by atoms with Crippen molar-refractivity contribution in [2.75, 3.05) is 6.61 Å². The summed E-state index contributed by atoms with van der Waals surface area (Å²) in [6.07, 6.45) is 3.23. The predicted molar refractivity (Wildman–Crippen MR) is 127 cm³/mol. The van der Waals surface area contributed by atoms with Gasteiger partial charge in [0.2, 0.25) is 0 Å². The first-order valence-electron chi connectivity index (χ1n) is 10.9. The molecule has 1 atom stereocenters. The maximum absolute atomic E-state index is 13.3. The molecule has 9 heteroatoms. The van der Waals surface area contributed by atoms with Crippen LogP contribution in [0.2, 0.25) is 5.02 Å². The first kappa shape index (κ1) is 22.0. The topological polar surface area (TPSA) is 102 Å². The smallest absolute Gasteiger partial charge is 0.279 e. The summed E-state index contributed by atoms with van der Waals surface area (Å²) < 4.78 is 8.95. The molecule has 5 rings (SSSR count). The molecular weight excluding hydrogens is 454 g/mol. The van der Waals surface area contributed by atoms with Gasteiger partial charge >= 0.3 is 0 Å². The van der Waals surface area contributed by atoms with Crippen molar-refractivity contribution in [3.63, 3.8) is 0 Å². The van der Waals surface area contributed by atoms with E-state index in [4.69, 9.17) is 21.3 Å². The molecule has 0 radical (unpaired) electrons. The number of rotatable bonds is 3. The van der Waals surface area contributed by atoms with Crippen LogP contribution < -0.4 is 11.0 Å². The van der Waals surface area contributed by atoms with Crippen molar-refractivity contribution in [3.8, 4) is 6.07 Å². The molecule has 0 saturated carbocycles. The third-order valence-electron chi connectivity index (χ3n) is 5.91. The summed E-state index contributed by atoms with van der Waals surface area (Å²) in [5.74, 6) is -0.548. The second-order valence-corrected chi connectivity index (χ2v) is 8.64. The van der Waals surface area contributed by atoms with Crippen LogP contribution in [0.3, 0.4) is 0 Å². The van der Waals surface area contributed by atoms with E-state index in [-0.39, 0.29) is 28.1 Å². The van der Waals surface area contributed by atoms with Crippen LogP contribution in [0.1, 0.15) is 34.3 Å². The van der Waals surface area contributed by atoms with Crippen LogP contribution in [0, 0.1) is 18.3 Å². The zero-order valence-electron chi connectivity index (χ0n) is 18.4.